The van der Waals surface area contributed by atoms with Crippen LogP contribution in [0.4, 0.5) is 5.69 Å². The summed E-state index contributed by atoms with van der Waals surface area (Å²) in [5.41, 5.74) is 2.04. The predicted molar refractivity (Wildman–Crippen MR) is 115 cm³/mol. The van der Waals surface area contributed by atoms with Crippen LogP contribution in [0.1, 0.15) is 15.9 Å². The molecule has 2 aliphatic rings. The third kappa shape index (κ3) is 4.08. The number of fused-ring (bicyclic) bond motifs is 3. The Labute approximate surface area is 178 Å². The van der Waals surface area contributed by atoms with Crippen LogP contribution in [0.2, 0.25) is 0 Å². The first-order valence-corrected chi connectivity index (χ1v) is 12.8. The van der Waals surface area contributed by atoms with E-state index in [2.05, 4.69) is 14.4 Å². The number of carbonyl (C=O) groups excluding carboxylic acids is 1. The summed E-state index contributed by atoms with van der Waals surface area (Å²) >= 11 is 1.23. The van der Waals surface area contributed by atoms with Crippen LogP contribution in [0, 0.1) is 0 Å². The van der Waals surface area contributed by atoms with Crippen LogP contribution in [-0.4, -0.2) is 47.3 Å². The van der Waals surface area contributed by atoms with Crippen molar-refractivity contribution in [3.63, 3.8) is 0 Å². The number of amidine groups is 1. The molecule has 4 rings (SSSR count). The van der Waals surface area contributed by atoms with Crippen molar-refractivity contribution in [3.8, 4) is 0 Å². The van der Waals surface area contributed by atoms with E-state index in [9.17, 15) is 21.6 Å². The van der Waals surface area contributed by atoms with Gasteiger partial charge in [0, 0.05) is 23.5 Å². The lowest BCUT2D eigenvalue weighted by Gasteiger charge is -2.22. The summed E-state index contributed by atoms with van der Waals surface area (Å²) in [4.78, 5) is 15.3. The smallest absolute Gasteiger partial charge is 0.257 e. The second-order valence-electron chi connectivity index (χ2n) is 6.63. The summed E-state index contributed by atoms with van der Waals surface area (Å²) in [6.45, 7) is 0.575. The van der Waals surface area contributed by atoms with Gasteiger partial charge in [-0.2, -0.15) is 0 Å². The molecule has 0 spiro atoms. The average Bonchev–Trinajstić information content (AvgIpc) is 3.07. The van der Waals surface area contributed by atoms with Gasteiger partial charge in [-0.1, -0.05) is 12.1 Å². The first-order valence-electron chi connectivity index (χ1n) is 8.91. The van der Waals surface area contributed by atoms with E-state index >= 15 is 0 Å². The van der Waals surface area contributed by atoms with E-state index < -0.39 is 20.0 Å². The number of hydrogen-bond donors (Lipinski definition) is 2. The summed E-state index contributed by atoms with van der Waals surface area (Å²) in [5, 5.41) is 3.21. The van der Waals surface area contributed by atoms with Crippen molar-refractivity contribution in [2.24, 2.45) is 4.40 Å². The minimum absolute atomic E-state index is 0.0346. The Morgan fingerprint density at radius 3 is 2.63 bits per heavy atom. The van der Waals surface area contributed by atoms with Crippen molar-refractivity contribution < 1.29 is 21.6 Å². The van der Waals surface area contributed by atoms with Crippen molar-refractivity contribution in [2.45, 2.75) is 16.3 Å². The molecule has 0 aromatic heterocycles. The van der Waals surface area contributed by atoms with E-state index in [-0.39, 0.29) is 23.1 Å². The van der Waals surface area contributed by atoms with Crippen LogP contribution < -0.4 is 14.9 Å². The molecule has 2 aromatic carbocycles. The fourth-order valence-corrected chi connectivity index (χ4v) is 6.09. The van der Waals surface area contributed by atoms with E-state index in [0.29, 0.717) is 17.3 Å². The van der Waals surface area contributed by atoms with Crippen LogP contribution in [0.15, 0.2) is 56.7 Å². The molecule has 30 heavy (non-hydrogen) atoms. The first kappa shape index (κ1) is 20.8. The van der Waals surface area contributed by atoms with Crippen molar-refractivity contribution in [1.29, 1.82) is 0 Å². The van der Waals surface area contributed by atoms with E-state index in [0.717, 1.165) is 16.1 Å². The van der Waals surface area contributed by atoms with Gasteiger partial charge in [-0.15, -0.1) is 4.40 Å². The van der Waals surface area contributed by atoms with Crippen LogP contribution in [0.5, 0.6) is 0 Å². The lowest BCUT2D eigenvalue weighted by atomic mass is 10.1. The highest BCUT2D eigenvalue weighted by atomic mass is 32.2. The molecule has 2 N–H and O–H groups in total. The Morgan fingerprint density at radius 2 is 1.93 bits per heavy atom. The average molecular weight is 467 g/mol. The molecule has 2 aliphatic heterocycles. The zero-order valence-electron chi connectivity index (χ0n) is 15.8. The van der Waals surface area contributed by atoms with Gasteiger partial charge in [0.05, 0.1) is 16.3 Å². The number of amides is 1. The standard InChI is InChI=1S/C18H18N4O5S3/c1-19-30(26,27)14-5-2-12(3-6-14)11-20-17(23)13-4-7-15-16(10-13)28-18-21-29(24,25)9-8-22(15)18/h2-7,10,19H,8-9,11H2,1H3,(H,20,23). The lowest BCUT2D eigenvalue weighted by Crippen LogP contribution is -2.35. The number of carbonyl (C=O) groups is 1. The number of anilines is 1. The summed E-state index contributed by atoms with van der Waals surface area (Å²) in [5.74, 6) is -0.322. The van der Waals surface area contributed by atoms with Gasteiger partial charge >= 0.3 is 0 Å². The van der Waals surface area contributed by atoms with Crippen molar-refractivity contribution in [3.05, 3.63) is 53.6 Å². The van der Waals surface area contributed by atoms with Gasteiger partial charge in [0.25, 0.3) is 15.9 Å². The van der Waals surface area contributed by atoms with E-state index in [1.807, 2.05) is 4.90 Å². The summed E-state index contributed by atoms with van der Waals surface area (Å²) < 4.78 is 53.0. The molecule has 0 saturated carbocycles. The number of benzene rings is 2. The highest BCUT2D eigenvalue weighted by Gasteiger charge is 2.33. The van der Waals surface area contributed by atoms with E-state index in [1.54, 1.807) is 30.3 Å². The van der Waals surface area contributed by atoms with Crippen molar-refractivity contribution >= 4 is 48.6 Å². The Kier molecular flexibility index (Phi) is 5.34. The number of sulfonamides is 2. The maximum absolute atomic E-state index is 12.5. The monoisotopic (exact) mass is 466 g/mol. The zero-order chi connectivity index (χ0) is 21.5. The maximum atomic E-state index is 12.5. The molecule has 2 aromatic rings. The van der Waals surface area contributed by atoms with Crippen LogP contribution in [-0.2, 0) is 26.6 Å². The predicted octanol–water partition coefficient (Wildman–Crippen LogP) is 1.14. The number of hydrogen-bond acceptors (Lipinski definition) is 7. The normalized spacial score (nSPS) is 17.1. The van der Waals surface area contributed by atoms with Gasteiger partial charge in [-0.3, -0.25) is 4.79 Å². The Morgan fingerprint density at radius 1 is 1.20 bits per heavy atom. The second kappa shape index (κ2) is 7.69. The van der Waals surface area contributed by atoms with Crippen LogP contribution in [0.25, 0.3) is 0 Å². The van der Waals surface area contributed by atoms with Gasteiger partial charge in [0.15, 0.2) is 5.17 Å². The summed E-state index contributed by atoms with van der Waals surface area (Å²) in [7, 11) is -5.59. The molecule has 2 heterocycles. The highest BCUT2D eigenvalue weighted by molar-refractivity contribution is 8.15. The molecule has 0 radical (unpaired) electrons. The molecule has 0 aliphatic carbocycles. The topological polar surface area (TPSA) is 125 Å². The lowest BCUT2D eigenvalue weighted by molar-refractivity contribution is 0.0950. The molecular formula is C18H18N4O5S3. The second-order valence-corrected chi connectivity index (χ2v) is 11.3. The van der Waals surface area contributed by atoms with E-state index in [4.69, 9.17) is 0 Å². The van der Waals surface area contributed by atoms with E-state index in [1.165, 1.54) is 30.9 Å². The molecular weight excluding hydrogens is 448 g/mol. The Hall–Kier alpha value is -2.41. The zero-order valence-corrected chi connectivity index (χ0v) is 18.3. The minimum atomic E-state index is -3.50. The van der Waals surface area contributed by atoms with Gasteiger partial charge in [0.1, 0.15) is 0 Å². The quantitative estimate of drug-likeness (QED) is 0.677. The highest BCUT2D eigenvalue weighted by Crippen LogP contribution is 2.42. The Balaban J connectivity index is 1.45. The summed E-state index contributed by atoms with van der Waals surface area (Å²) in [6, 6.07) is 11.4. The minimum Gasteiger partial charge on any atom is -0.348 e. The molecule has 0 atom stereocenters. The Bertz CT molecular complexity index is 1260. The van der Waals surface area contributed by atoms with Crippen LogP contribution >= 0.6 is 11.8 Å². The largest absolute Gasteiger partial charge is 0.348 e. The molecule has 0 saturated heterocycles. The molecule has 158 valence electrons. The third-order valence-corrected chi connectivity index (χ3v) is 8.43. The van der Waals surface area contributed by atoms with Gasteiger partial charge in [-0.25, -0.2) is 21.6 Å². The molecule has 0 unspecified atom stereocenters. The molecule has 0 bridgehead atoms. The number of nitrogens with one attached hydrogen (secondary N) is 2. The fraction of sp³-hybridized carbons (Fsp3) is 0.222. The third-order valence-electron chi connectivity index (χ3n) is 4.69. The van der Waals surface area contributed by atoms with Gasteiger partial charge < -0.3 is 10.2 Å². The van der Waals surface area contributed by atoms with Crippen molar-refractivity contribution in [1.82, 2.24) is 10.0 Å². The van der Waals surface area contributed by atoms with Crippen LogP contribution in [0.3, 0.4) is 0 Å². The van der Waals surface area contributed by atoms with Crippen molar-refractivity contribution in [2.75, 3.05) is 24.2 Å². The van der Waals surface area contributed by atoms with Gasteiger partial charge in [0.2, 0.25) is 10.0 Å². The summed E-state index contributed by atoms with van der Waals surface area (Å²) in [6.07, 6.45) is 0. The number of nitrogens with zero attached hydrogens (tertiary/aromatic N) is 2. The molecule has 9 nitrogen and oxygen atoms in total. The fourth-order valence-electron chi connectivity index (χ4n) is 3.06. The van der Waals surface area contributed by atoms with Gasteiger partial charge in [-0.05, 0) is 54.7 Å². The molecule has 1 amide bonds. The number of rotatable bonds is 5. The first-order chi connectivity index (χ1) is 14.2. The maximum Gasteiger partial charge on any atom is 0.257 e. The number of thioether (sulfide) groups is 1. The molecule has 0 fully saturated rings. The molecule has 12 heteroatoms. The SMILES string of the molecule is CNS(=O)(=O)c1ccc(CNC(=O)c2ccc3c(c2)SC2=NS(=O)(=O)CCN23)cc1.